The molecular weight excluding hydrogens is 261 g/mol. The molecule has 0 bridgehead atoms. The number of benzene rings is 1. The van der Waals surface area contributed by atoms with Crippen LogP contribution in [0.1, 0.15) is 47.1 Å². The molecule has 1 aliphatic heterocycles. The van der Waals surface area contributed by atoms with Crippen LogP contribution in [0.4, 0.5) is 8.78 Å². The van der Waals surface area contributed by atoms with Gasteiger partial charge in [-0.1, -0.05) is 12.1 Å². The van der Waals surface area contributed by atoms with Crippen molar-refractivity contribution < 1.29 is 18.1 Å². The van der Waals surface area contributed by atoms with Crippen LogP contribution in [0.2, 0.25) is 0 Å². The molecule has 0 atom stereocenters. The molecule has 20 heavy (non-hydrogen) atoms. The van der Waals surface area contributed by atoms with Crippen molar-refractivity contribution in [2.45, 2.75) is 58.4 Å². The van der Waals surface area contributed by atoms with Crippen molar-refractivity contribution in [1.29, 1.82) is 0 Å². The van der Waals surface area contributed by atoms with Gasteiger partial charge in [-0.3, -0.25) is 0 Å². The second-order valence-corrected chi connectivity index (χ2v) is 6.80. The zero-order valence-electron chi connectivity index (χ0n) is 12.9. The lowest BCUT2D eigenvalue weighted by Gasteiger charge is -2.32. The molecule has 0 N–H and O–H groups in total. The predicted molar refractivity (Wildman–Crippen MR) is 76.3 cm³/mol. The first-order valence-electron chi connectivity index (χ1n) is 6.78. The molecule has 5 heteroatoms. The lowest BCUT2D eigenvalue weighted by molar-refractivity contribution is 0.00578. The van der Waals surface area contributed by atoms with Crippen molar-refractivity contribution in [3.05, 3.63) is 29.6 Å². The van der Waals surface area contributed by atoms with Crippen LogP contribution in [-0.2, 0) is 15.0 Å². The number of rotatable bonds is 2. The number of halogens is 2. The molecule has 1 saturated heterocycles. The van der Waals surface area contributed by atoms with Gasteiger partial charge in [-0.2, -0.15) is 0 Å². The molecule has 0 saturated carbocycles. The summed E-state index contributed by atoms with van der Waals surface area (Å²) in [5, 5.41) is 0. The van der Waals surface area contributed by atoms with E-state index in [-0.39, 0.29) is 0 Å². The van der Waals surface area contributed by atoms with Gasteiger partial charge in [0, 0.05) is 5.46 Å². The smallest absolute Gasteiger partial charge is 0.399 e. The molecule has 110 valence electrons. The molecule has 0 unspecified atom stereocenters. The van der Waals surface area contributed by atoms with Gasteiger partial charge >= 0.3 is 7.12 Å². The van der Waals surface area contributed by atoms with Crippen LogP contribution in [0.5, 0.6) is 0 Å². The van der Waals surface area contributed by atoms with Crippen LogP contribution in [0.15, 0.2) is 18.2 Å². The fourth-order valence-electron chi connectivity index (χ4n) is 2.06. The van der Waals surface area contributed by atoms with E-state index in [1.165, 1.54) is 26.0 Å². The van der Waals surface area contributed by atoms with Gasteiger partial charge in [0.25, 0.3) is 0 Å². The van der Waals surface area contributed by atoms with E-state index in [1.54, 1.807) is 6.07 Å². The van der Waals surface area contributed by atoms with Gasteiger partial charge in [0.2, 0.25) is 0 Å². The molecule has 0 radical (unpaired) electrons. The summed E-state index contributed by atoms with van der Waals surface area (Å²) in [5.74, 6) is -0.508. The fourth-order valence-corrected chi connectivity index (χ4v) is 2.06. The SMILES string of the molecule is CC(C)(F)c1ccc(B2OC(C)(C)C(C)(C)O2)c(F)c1. The normalized spacial score (nSPS) is 21.3. The minimum Gasteiger partial charge on any atom is -0.399 e. The average molecular weight is 282 g/mol. The predicted octanol–water partition coefficient (Wildman–Crippen LogP) is 3.33. The summed E-state index contributed by atoms with van der Waals surface area (Å²) in [7, 11) is -0.767. The Labute approximate surface area is 119 Å². The minimum atomic E-state index is -1.57. The first-order chi connectivity index (χ1) is 8.94. The number of alkyl halides is 1. The van der Waals surface area contributed by atoms with E-state index >= 15 is 0 Å². The van der Waals surface area contributed by atoms with Crippen LogP contribution < -0.4 is 5.46 Å². The van der Waals surface area contributed by atoms with Crippen molar-refractivity contribution in [1.82, 2.24) is 0 Å². The Bertz CT molecular complexity index is 505. The largest absolute Gasteiger partial charge is 0.497 e. The standard InChI is InChI=1S/C15H21BF2O2/c1-13(2,18)10-7-8-11(12(17)9-10)16-19-14(3,4)15(5,6)20-16/h7-9H,1-6H3. The summed E-state index contributed by atoms with van der Waals surface area (Å²) >= 11 is 0. The maximum atomic E-state index is 14.2. The zero-order chi connectivity index (χ0) is 15.3. The summed E-state index contributed by atoms with van der Waals surface area (Å²) in [4.78, 5) is 0. The Balaban J connectivity index is 2.33. The Morgan fingerprint density at radius 1 is 1.05 bits per heavy atom. The molecule has 1 heterocycles. The Kier molecular flexibility index (Phi) is 3.50. The minimum absolute atomic E-state index is 0.301. The van der Waals surface area contributed by atoms with Gasteiger partial charge in [0.1, 0.15) is 11.5 Å². The van der Waals surface area contributed by atoms with Crippen molar-refractivity contribution in [2.24, 2.45) is 0 Å². The molecule has 2 nitrogen and oxygen atoms in total. The second kappa shape index (κ2) is 4.53. The van der Waals surface area contributed by atoms with Gasteiger partial charge in [-0.15, -0.1) is 0 Å². The molecule has 1 aliphatic rings. The van der Waals surface area contributed by atoms with Crippen LogP contribution in [0, 0.1) is 5.82 Å². The first kappa shape index (κ1) is 15.5. The number of hydrogen-bond acceptors (Lipinski definition) is 2. The molecule has 2 rings (SSSR count). The van der Waals surface area contributed by atoms with Crippen LogP contribution in [0.25, 0.3) is 0 Å². The summed E-state index contributed by atoms with van der Waals surface area (Å²) in [6.45, 7) is 10.4. The molecule has 0 spiro atoms. The summed E-state index contributed by atoms with van der Waals surface area (Å²) < 4.78 is 39.6. The Morgan fingerprint density at radius 3 is 1.95 bits per heavy atom. The summed E-state index contributed by atoms with van der Waals surface area (Å²) in [6.07, 6.45) is 0. The highest BCUT2D eigenvalue weighted by molar-refractivity contribution is 6.62. The Hall–Kier alpha value is -0.935. The Morgan fingerprint density at radius 2 is 1.55 bits per heavy atom. The maximum absolute atomic E-state index is 14.2. The summed E-state index contributed by atoms with van der Waals surface area (Å²) in [6, 6.07) is 4.32. The van der Waals surface area contributed by atoms with Crippen molar-refractivity contribution >= 4 is 12.6 Å². The highest BCUT2D eigenvalue weighted by Gasteiger charge is 2.52. The molecule has 1 aromatic rings. The van der Waals surface area contributed by atoms with Crippen LogP contribution >= 0.6 is 0 Å². The van der Waals surface area contributed by atoms with E-state index < -0.39 is 29.8 Å². The van der Waals surface area contributed by atoms with Gasteiger partial charge in [-0.25, -0.2) is 8.78 Å². The molecule has 1 fully saturated rings. The fraction of sp³-hybridized carbons (Fsp3) is 0.600. The van der Waals surface area contributed by atoms with E-state index in [0.29, 0.717) is 11.0 Å². The quantitative estimate of drug-likeness (QED) is 0.775. The number of hydrogen-bond donors (Lipinski definition) is 0. The zero-order valence-corrected chi connectivity index (χ0v) is 12.9. The van der Waals surface area contributed by atoms with E-state index in [0.717, 1.165) is 0 Å². The molecule has 0 aromatic heterocycles. The van der Waals surface area contributed by atoms with E-state index in [2.05, 4.69) is 0 Å². The van der Waals surface area contributed by atoms with E-state index in [4.69, 9.17) is 9.31 Å². The van der Waals surface area contributed by atoms with Gasteiger partial charge in [0.05, 0.1) is 11.2 Å². The molecular formula is C15H21BF2O2. The molecule has 1 aromatic carbocycles. The van der Waals surface area contributed by atoms with Crippen molar-refractivity contribution in [3.63, 3.8) is 0 Å². The topological polar surface area (TPSA) is 18.5 Å². The van der Waals surface area contributed by atoms with Gasteiger partial charge in [0.15, 0.2) is 0 Å². The van der Waals surface area contributed by atoms with Gasteiger partial charge < -0.3 is 9.31 Å². The van der Waals surface area contributed by atoms with Crippen LogP contribution in [-0.4, -0.2) is 18.3 Å². The third kappa shape index (κ3) is 2.61. The van der Waals surface area contributed by atoms with Crippen LogP contribution in [0.3, 0.4) is 0 Å². The average Bonchev–Trinajstić information content (AvgIpc) is 2.46. The first-order valence-corrected chi connectivity index (χ1v) is 6.78. The lowest BCUT2D eigenvalue weighted by Crippen LogP contribution is -2.41. The van der Waals surface area contributed by atoms with E-state index in [9.17, 15) is 8.78 Å². The monoisotopic (exact) mass is 282 g/mol. The third-order valence-corrected chi connectivity index (χ3v) is 4.19. The maximum Gasteiger partial charge on any atom is 0.497 e. The highest BCUT2D eigenvalue weighted by Crippen LogP contribution is 2.36. The van der Waals surface area contributed by atoms with Gasteiger partial charge in [-0.05, 0) is 53.2 Å². The molecule has 0 aliphatic carbocycles. The lowest BCUT2D eigenvalue weighted by atomic mass is 9.77. The summed E-state index contributed by atoms with van der Waals surface area (Å²) in [5.41, 5.74) is -2.02. The third-order valence-electron chi connectivity index (χ3n) is 4.19. The second-order valence-electron chi connectivity index (χ2n) is 6.80. The highest BCUT2D eigenvalue weighted by atomic mass is 19.1. The van der Waals surface area contributed by atoms with Crippen molar-refractivity contribution in [3.8, 4) is 0 Å². The molecule has 0 amide bonds. The van der Waals surface area contributed by atoms with E-state index in [1.807, 2.05) is 27.7 Å². The van der Waals surface area contributed by atoms with Crippen molar-refractivity contribution in [2.75, 3.05) is 0 Å².